The van der Waals surface area contributed by atoms with E-state index in [1.165, 1.54) is 11.9 Å². The van der Waals surface area contributed by atoms with Gasteiger partial charge in [-0.05, 0) is 65.2 Å². The Balaban J connectivity index is 3.22. The highest BCUT2D eigenvalue weighted by molar-refractivity contribution is 5.92. The van der Waals surface area contributed by atoms with Crippen molar-refractivity contribution in [3.63, 3.8) is 0 Å². The summed E-state index contributed by atoms with van der Waals surface area (Å²) in [5, 5.41) is 14.9. The van der Waals surface area contributed by atoms with E-state index in [4.69, 9.17) is 4.74 Å². The normalized spacial score (nSPS) is 13.4. The number of likely N-dealkylation sites (N-methyl/N-ethyl adjacent to an activating group) is 1. The second-order valence-electron chi connectivity index (χ2n) is 8.69. The maximum Gasteiger partial charge on any atom is 0.408 e. The number of aliphatic hydroxyl groups is 1. The molecule has 3 amide bonds. The number of carbonyl (C=O) groups is 3. The number of carbonyl (C=O) groups excluding carboxylic acids is 3. The highest BCUT2D eigenvalue weighted by Gasteiger charge is 2.34. The van der Waals surface area contributed by atoms with Gasteiger partial charge in [0.05, 0.1) is 6.61 Å². The Bertz CT molecular complexity index is 771. The number of aryl methyl sites for hydroxylation is 1. The number of aliphatic hydroxyl groups excluding tert-OH is 1. The topological polar surface area (TPSA) is 108 Å². The molecule has 0 radical (unpaired) electrons. The van der Waals surface area contributed by atoms with Gasteiger partial charge in [0.1, 0.15) is 17.7 Å². The van der Waals surface area contributed by atoms with Crippen LogP contribution >= 0.6 is 0 Å². The van der Waals surface area contributed by atoms with E-state index in [9.17, 15) is 19.5 Å². The summed E-state index contributed by atoms with van der Waals surface area (Å²) in [5.41, 5.74) is 1.80. The van der Waals surface area contributed by atoms with Crippen molar-refractivity contribution >= 4 is 17.9 Å². The highest BCUT2D eigenvalue weighted by atomic mass is 16.6. The summed E-state index contributed by atoms with van der Waals surface area (Å²) in [4.78, 5) is 39.4. The fraction of sp³-hybridized carbons (Fsp3) is 0.591. The van der Waals surface area contributed by atoms with Crippen LogP contribution in [0.5, 0.6) is 0 Å². The van der Waals surface area contributed by atoms with Crippen molar-refractivity contribution in [2.45, 2.75) is 72.2 Å². The second-order valence-corrected chi connectivity index (χ2v) is 8.69. The Labute approximate surface area is 179 Å². The summed E-state index contributed by atoms with van der Waals surface area (Å²) >= 11 is 0. The number of hydrogen-bond donors (Lipinski definition) is 3. The summed E-state index contributed by atoms with van der Waals surface area (Å²) < 4.78 is 5.17. The molecule has 0 aliphatic heterocycles. The zero-order valence-corrected chi connectivity index (χ0v) is 19.2. The third kappa shape index (κ3) is 7.02. The molecule has 8 nitrogen and oxygen atoms in total. The average molecular weight is 422 g/mol. The van der Waals surface area contributed by atoms with E-state index in [-0.39, 0.29) is 11.9 Å². The lowest BCUT2D eigenvalue weighted by atomic mass is 9.95. The van der Waals surface area contributed by atoms with Crippen LogP contribution in [0.1, 0.15) is 57.4 Å². The number of benzene rings is 1. The summed E-state index contributed by atoms with van der Waals surface area (Å²) in [7, 11) is 1.48. The molecular weight excluding hydrogens is 386 g/mol. The zero-order chi connectivity index (χ0) is 23.2. The molecule has 0 aliphatic carbocycles. The smallest absolute Gasteiger partial charge is 0.408 e. The fourth-order valence-corrected chi connectivity index (χ4v) is 2.97. The maximum atomic E-state index is 13.1. The van der Waals surface area contributed by atoms with Crippen molar-refractivity contribution < 1.29 is 24.2 Å². The molecule has 30 heavy (non-hydrogen) atoms. The molecule has 8 heteroatoms. The molecule has 1 aromatic carbocycles. The Morgan fingerprint density at radius 2 is 1.73 bits per heavy atom. The van der Waals surface area contributed by atoms with Crippen molar-refractivity contribution in [1.29, 1.82) is 0 Å². The van der Waals surface area contributed by atoms with Crippen LogP contribution in [0.4, 0.5) is 4.79 Å². The number of hydrogen-bond acceptors (Lipinski definition) is 5. The van der Waals surface area contributed by atoms with Gasteiger partial charge in [-0.2, -0.15) is 0 Å². The minimum Gasteiger partial charge on any atom is -0.444 e. The third-order valence-corrected chi connectivity index (χ3v) is 4.53. The van der Waals surface area contributed by atoms with Crippen molar-refractivity contribution in [2.24, 2.45) is 0 Å². The Kier molecular flexibility index (Phi) is 8.84. The van der Waals surface area contributed by atoms with Crippen LogP contribution in [0.25, 0.3) is 0 Å². The molecule has 2 atom stereocenters. The van der Waals surface area contributed by atoms with E-state index < -0.39 is 36.3 Å². The first-order valence-corrected chi connectivity index (χ1v) is 10.0. The van der Waals surface area contributed by atoms with Crippen LogP contribution in [0.3, 0.4) is 0 Å². The molecule has 0 saturated carbocycles. The van der Waals surface area contributed by atoms with Crippen LogP contribution in [0, 0.1) is 13.8 Å². The first-order valence-electron chi connectivity index (χ1n) is 10.0. The molecule has 3 N–H and O–H groups in total. The van der Waals surface area contributed by atoms with Gasteiger partial charge < -0.3 is 25.4 Å². The monoisotopic (exact) mass is 421 g/mol. The Hall–Kier alpha value is -2.61. The molecule has 0 spiro atoms. The quantitative estimate of drug-likeness (QED) is 0.626. The first-order chi connectivity index (χ1) is 13.8. The van der Waals surface area contributed by atoms with Crippen LogP contribution in [0.2, 0.25) is 0 Å². The lowest BCUT2D eigenvalue weighted by Gasteiger charge is -2.32. The number of rotatable bonds is 7. The van der Waals surface area contributed by atoms with Gasteiger partial charge in [-0.1, -0.05) is 18.2 Å². The van der Waals surface area contributed by atoms with Gasteiger partial charge in [-0.25, -0.2) is 4.79 Å². The minimum atomic E-state index is -1.25. The van der Waals surface area contributed by atoms with Gasteiger partial charge in [-0.15, -0.1) is 0 Å². The largest absolute Gasteiger partial charge is 0.444 e. The SMILES string of the molecule is Cc1cccc(C(C(=O)NC(C)C)N(C)C(=O)C(CO)NC(=O)OC(C)(C)C)c1C. The van der Waals surface area contributed by atoms with Crippen LogP contribution < -0.4 is 10.6 Å². The lowest BCUT2D eigenvalue weighted by Crippen LogP contribution is -2.53. The van der Waals surface area contributed by atoms with Crippen molar-refractivity contribution in [3.8, 4) is 0 Å². The predicted octanol–water partition coefficient (Wildman–Crippen LogP) is 2.21. The second kappa shape index (κ2) is 10.4. The first kappa shape index (κ1) is 25.4. The standard InChI is InChI=1S/C22H35N3O5/c1-13(2)23-19(27)18(16-11-9-10-14(3)15(16)4)25(8)20(28)17(12-26)24-21(29)30-22(5,6)7/h9-11,13,17-18,26H,12H2,1-8H3,(H,23,27)(H,24,29). The zero-order valence-electron chi connectivity index (χ0n) is 19.2. The summed E-state index contributed by atoms with van der Waals surface area (Å²) in [6, 6.07) is 3.26. The molecule has 1 aromatic rings. The molecule has 168 valence electrons. The van der Waals surface area contributed by atoms with E-state index in [0.29, 0.717) is 5.56 Å². The molecule has 2 unspecified atom stereocenters. The minimum absolute atomic E-state index is 0.123. The van der Waals surface area contributed by atoms with E-state index in [2.05, 4.69) is 10.6 Å². The summed E-state index contributed by atoms with van der Waals surface area (Å²) in [5.74, 6) is -0.948. The summed E-state index contributed by atoms with van der Waals surface area (Å²) in [6.07, 6.45) is -0.821. The van der Waals surface area contributed by atoms with Gasteiger partial charge in [0.15, 0.2) is 0 Å². The molecule has 0 fully saturated rings. The Morgan fingerprint density at radius 1 is 1.13 bits per heavy atom. The van der Waals surface area contributed by atoms with Gasteiger partial charge in [0, 0.05) is 13.1 Å². The molecule has 0 bridgehead atoms. The highest BCUT2D eigenvalue weighted by Crippen LogP contribution is 2.26. The van der Waals surface area contributed by atoms with E-state index in [1.54, 1.807) is 26.8 Å². The van der Waals surface area contributed by atoms with Crippen molar-refractivity contribution in [1.82, 2.24) is 15.5 Å². The molecule has 0 saturated heterocycles. The maximum absolute atomic E-state index is 13.1. The van der Waals surface area contributed by atoms with E-state index in [0.717, 1.165) is 11.1 Å². The number of amides is 3. The van der Waals surface area contributed by atoms with Gasteiger partial charge in [0.25, 0.3) is 0 Å². The molecule has 0 aliphatic rings. The van der Waals surface area contributed by atoms with E-state index >= 15 is 0 Å². The molecule has 0 aromatic heterocycles. The number of nitrogens with zero attached hydrogens (tertiary/aromatic N) is 1. The fourth-order valence-electron chi connectivity index (χ4n) is 2.97. The van der Waals surface area contributed by atoms with Crippen LogP contribution in [0.15, 0.2) is 18.2 Å². The van der Waals surface area contributed by atoms with Crippen LogP contribution in [-0.4, -0.2) is 59.3 Å². The summed E-state index contributed by atoms with van der Waals surface area (Å²) in [6.45, 7) is 11.9. The average Bonchev–Trinajstić information content (AvgIpc) is 2.60. The number of nitrogens with one attached hydrogen (secondary N) is 2. The number of alkyl carbamates (subject to hydrolysis) is 1. The molecule has 0 heterocycles. The van der Waals surface area contributed by atoms with Gasteiger partial charge in [0.2, 0.25) is 11.8 Å². The van der Waals surface area contributed by atoms with E-state index in [1.807, 2.05) is 39.8 Å². The lowest BCUT2D eigenvalue weighted by molar-refractivity contribution is -0.141. The molecule has 1 rings (SSSR count). The van der Waals surface area contributed by atoms with Gasteiger partial charge >= 0.3 is 6.09 Å². The predicted molar refractivity (Wildman–Crippen MR) is 115 cm³/mol. The van der Waals surface area contributed by atoms with Crippen molar-refractivity contribution in [2.75, 3.05) is 13.7 Å². The molecular formula is C22H35N3O5. The van der Waals surface area contributed by atoms with Crippen molar-refractivity contribution in [3.05, 3.63) is 34.9 Å². The number of ether oxygens (including phenoxy) is 1. The Morgan fingerprint density at radius 3 is 2.23 bits per heavy atom. The van der Waals surface area contributed by atoms with Crippen LogP contribution in [-0.2, 0) is 14.3 Å². The third-order valence-electron chi connectivity index (χ3n) is 4.53. The van der Waals surface area contributed by atoms with Gasteiger partial charge in [-0.3, -0.25) is 9.59 Å².